The third kappa shape index (κ3) is 8.46. The van der Waals surface area contributed by atoms with Crippen LogP contribution < -0.4 is 10.6 Å². The first-order valence-electron chi connectivity index (χ1n) is 11.5. The first kappa shape index (κ1) is 24.4. The molecule has 7 heteroatoms. The minimum atomic E-state index is -1.08. The van der Waals surface area contributed by atoms with Crippen molar-refractivity contribution >= 4 is 17.6 Å². The summed E-state index contributed by atoms with van der Waals surface area (Å²) in [6.45, 7) is 2.94. The highest BCUT2D eigenvalue weighted by molar-refractivity contribution is 6.03. The highest BCUT2D eigenvalue weighted by atomic mass is 16.5. The number of aliphatic hydroxyl groups excluding tert-OH is 1. The number of rotatable bonds is 5. The van der Waals surface area contributed by atoms with E-state index in [-0.39, 0.29) is 24.0 Å². The van der Waals surface area contributed by atoms with Gasteiger partial charge in [0.25, 0.3) is 5.91 Å². The molecule has 0 spiro atoms. The van der Waals surface area contributed by atoms with Crippen molar-refractivity contribution in [1.29, 1.82) is 0 Å². The third-order valence-electron chi connectivity index (χ3n) is 5.76. The maximum atomic E-state index is 12.7. The van der Waals surface area contributed by atoms with E-state index in [0.717, 1.165) is 31.8 Å². The fourth-order valence-corrected chi connectivity index (χ4v) is 4.12. The average Bonchev–Trinajstić information content (AvgIpc) is 2.66. The van der Waals surface area contributed by atoms with Crippen LogP contribution in [0.3, 0.4) is 0 Å². The standard InChI is InChI=1S/C23H38N2O5/c1-23(2)15-18(27)14-20(30-23)22(29)25-19(16-26)21(28)24-17-12-10-8-6-4-3-5-7-9-11-13-17/h14,17,19,26H,3-13,15-16H2,1-2H3,(H,24,28)(H,25,29)/t19-/m0/s1. The van der Waals surface area contributed by atoms with Gasteiger partial charge in [-0.15, -0.1) is 0 Å². The van der Waals surface area contributed by atoms with E-state index in [1.807, 2.05) is 0 Å². The van der Waals surface area contributed by atoms with Crippen LogP contribution in [-0.4, -0.2) is 47.0 Å². The molecule has 0 saturated heterocycles. The zero-order chi connectivity index (χ0) is 22.0. The smallest absolute Gasteiger partial charge is 0.287 e. The summed E-state index contributed by atoms with van der Waals surface area (Å²) in [4.78, 5) is 37.1. The van der Waals surface area contributed by atoms with Crippen LogP contribution in [0.15, 0.2) is 11.8 Å². The van der Waals surface area contributed by atoms with Crippen LogP contribution in [0.2, 0.25) is 0 Å². The van der Waals surface area contributed by atoms with Crippen molar-refractivity contribution in [2.24, 2.45) is 0 Å². The second-order valence-corrected chi connectivity index (χ2v) is 9.19. The van der Waals surface area contributed by atoms with Crippen molar-refractivity contribution < 1.29 is 24.2 Å². The highest BCUT2D eigenvalue weighted by Gasteiger charge is 2.33. The molecule has 2 amide bonds. The van der Waals surface area contributed by atoms with Crippen LogP contribution in [-0.2, 0) is 19.1 Å². The number of hydrogen-bond acceptors (Lipinski definition) is 5. The Labute approximate surface area is 180 Å². The summed E-state index contributed by atoms with van der Waals surface area (Å²) in [6, 6.07) is -1.03. The van der Waals surface area contributed by atoms with Gasteiger partial charge in [-0.05, 0) is 26.7 Å². The second-order valence-electron chi connectivity index (χ2n) is 9.19. The number of hydrogen-bond donors (Lipinski definition) is 3. The number of carbonyl (C=O) groups excluding carboxylic acids is 3. The van der Waals surface area contributed by atoms with Gasteiger partial charge in [-0.3, -0.25) is 14.4 Å². The quantitative estimate of drug-likeness (QED) is 0.632. The summed E-state index contributed by atoms with van der Waals surface area (Å²) in [5.41, 5.74) is -0.775. The van der Waals surface area contributed by atoms with Crippen LogP contribution in [0.4, 0.5) is 0 Å². The Kier molecular flexibility index (Phi) is 9.82. The molecule has 1 aliphatic carbocycles. The predicted octanol–water partition coefficient (Wildman–Crippen LogP) is 2.90. The van der Waals surface area contributed by atoms with Crippen molar-refractivity contribution in [2.75, 3.05) is 6.61 Å². The van der Waals surface area contributed by atoms with E-state index in [1.165, 1.54) is 44.9 Å². The van der Waals surface area contributed by atoms with Crippen LogP contribution in [0.5, 0.6) is 0 Å². The molecular weight excluding hydrogens is 384 g/mol. The summed E-state index contributed by atoms with van der Waals surface area (Å²) >= 11 is 0. The average molecular weight is 423 g/mol. The molecule has 1 heterocycles. The summed E-state index contributed by atoms with van der Waals surface area (Å²) in [6.07, 6.45) is 14.0. The van der Waals surface area contributed by atoms with E-state index in [4.69, 9.17) is 4.74 Å². The molecule has 170 valence electrons. The number of aliphatic hydroxyl groups is 1. The molecule has 7 nitrogen and oxygen atoms in total. The van der Waals surface area contributed by atoms with Gasteiger partial charge in [-0.2, -0.15) is 0 Å². The molecule has 0 aromatic heterocycles. The molecule has 1 fully saturated rings. The predicted molar refractivity (Wildman–Crippen MR) is 115 cm³/mol. The molecule has 0 unspecified atom stereocenters. The lowest BCUT2D eigenvalue weighted by Crippen LogP contribution is -2.52. The van der Waals surface area contributed by atoms with Crippen molar-refractivity contribution in [1.82, 2.24) is 10.6 Å². The first-order chi connectivity index (χ1) is 14.3. The number of carbonyl (C=O) groups is 3. The van der Waals surface area contributed by atoms with E-state index in [1.54, 1.807) is 13.8 Å². The molecule has 3 N–H and O–H groups in total. The maximum Gasteiger partial charge on any atom is 0.287 e. The van der Waals surface area contributed by atoms with Crippen molar-refractivity contribution in [3.8, 4) is 0 Å². The van der Waals surface area contributed by atoms with Gasteiger partial charge in [0, 0.05) is 18.5 Å². The molecule has 1 atom stereocenters. The number of amides is 2. The molecule has 1 saturated carbocycles. The maximum absolute atomic E-state index is 12.7. The number of allylic oxidation sites excluding steroid dienone is 1. The minimum absolute atomic E-state index is 0.0496. The summed E-state index contributed by atoms with van der Waals surface area (Å²) in [7, 11) is 0. The number of ketones is 1. The van der Waals surface area contributed by atoms with Gasteiger partial charge in [0.15, 0.2) is 11.5 Å². The number of ether oxygens (including phenoxy) is 1. The fraction of sp³-hybridized carbons (Fsp3) is 0.783. The van der Waals surface area contributed by atoms with E-state index < -0.39 is 30.1 Å². The van der Waals surface area contributed by atoms with Crippen LogP contribution >= 0.6 is 0 Å². The third-order valence-corrected chi connectivity index (χ3v) is 5.76. The van der Waals surface area contributed by atoms with Gasteiger partial charge in [-0.1, -0.05) is 57.8 Å². The first-order valence-corrected chi connectivity index (χ1v) is 11.5. The van der Waals surface area contributed by atoms with E-state index in [2.05, 4.69) is 10.6 Å². The Balaban J connectivity index is 1.91. The molecule has 2 aliphatic rings. The zero-order valence-electron chi connectivity index (χ0n) is 18.5. The normalized spacial score (nSPS) is 22.5. The summed E-state index contributed by atoms with van der Waals surface area (Å²) < 4.78 is 5.57. The lowest BCUT2D eigenvalue weighted by Gasteiger charge is -2.30. The molecule has 2 rings (SSSR count). The topological polar surface area (TPSA) is 105 Å². The fourth-order valence-electron chi connectivity index (χ4n) is 4.12. The van der Waals surface area contributed by atoms with E-state index in [0.29, 0.717) is 0 Å². The minimum Gasteiger partial charge on any atom is -0.482 e. The monoisotopic (exact) mass is 422 g/mol. The molecule has 1 aliphatic heterocycles. The molecule has 0 radical (unpaired) electrons. The van der Waals surface area contributed by atoms with Gasteiger partial charge < -0.3 is 20.5 Å². The Bertz CT molecular complexity index is 617. The van der Waals surface area contributed by atoms with Crippen molar-refractivity contribution in [2.45, 2.75) is 109 Å². The van der Waals surface area contributed by atoms with Crippen molar-refractivity contribution in [3.63, 3.8) is 0 Å². The Morgan fingerprint density at radius 2 is 1.60 bits per heavy atom. The van der Waals surface area contributed by atoms with Crippen LogP contribution in [0.25, 0.3) is 0 Å². The summed E-state index contributed by atoms with van der Waals surface area (Å²) in [5.74, 6) is -1.38. The Hall–Kier alpha value is -1.89. The second kappa shape index (κ2) is 12.1. The van der Waals surface area contributed by atoms with Gasteiger partial charge in [0.05, 0.1) is 6.61 Å². The zero-order valence-corrected chi connectivity index (χ0v) is 18.5. The van der Waals surface area contributed by atoms with E-state index >= 15 is 0 Å². The Morgan fingerprint density at radius 3 is 2.10 bits per heavy atom. The molecular formula is C23H38N2O5. The highest BCUT2D eigenvalue weighted by Crippen LogP contribution is 2.24. The SMILES string of the molecule is CC1(C)CC(=O)C=C(C(=O)N[C@@H](CO)C(=O)NC2CCCCCCCCCCC2)O1. The molecule has 0 aromatic rings. The molecule has 30 heavy (non-hydrogen) atoms. The van der Waals surface area contributed by atoms with Gasteiger partial charge in [0.1, 0.15) is 11.6 Å². The lowest BCUT2D eigenvalue weighted by atomic mass is 9.97. The van der Waals surface area contributed by atoms with Gasteiger partial charge in [0.2, 0.25) is 5.91 Å². The largest absolute Gasteiger partial charge is 0.482 e. The summed E-state index contributed by atoms with van der Waals surface area (Å²) in [5, 5.41) is 15.2. The van der Waals surface area contributed by atoms with Crippen LogP contribution in [0.1, 0.15) is 90.9 Å². The lowest BCUT2D eigenvalue weighted by molar-refractivity contribution is -0.134. The Morgan fingerprint density at radius 1 is 1.07 bits per heavy atom. The molecule has 0 bridgehead atoms. The van der Waals surface area contributed by atoms with E-state index in [9.17, 15) is 19.5 Å². The van der Waals surface area contributed by atoms with Crippen molar-refractivity contribution in [3.05, 3.63) is 11.8 Å². The van der Waals surface area contributed by atoms with Gasteiger partial charge >= 0.3 is 0 Å². The van der Waals surface area contributed by atoms with Gasteiger partial charge in [-0.25, -0.2) is 0 Å². The number of nitrogens with one attached hydrogen (secondary N) is 2. The van der Waals surface area contributed by atoms with Crippen LogP contribution in [0, 0.1) is 0 Å². The molecule has 0 aromatic carbocycles.